The van der Waals surface area contributed by atoms with Gasteiger partial charge in [-0.1, -0.05) is 66.7 Å². The molecule has 0 saturated carbocycles. The maximum atomic E-state index is 10.5. The second-order valence-corrected chi connectivity index (χ2v) is 8.77. The van der Waals surface area contributed by atoms with Crippen molar-refractivity contribution < 1.29 is 9.84 Å². The molecule has 4 rings (SSSR count). The fourth-order valence-electron chi connectivity index (χ4n) is 4.44. The molecular weight excluding hydrogens is 396 g/mol. The molecule has 0 aliphatic carbocycles. The molecule has 0 spiro atoms. The van der Waals surface area contributed by atoms with Crippen LogP contribution in [0.3, 0.4) is 0 Å². The highest BCUT2D eigenvalue weighted by molar-refractivity contribution is 5.34. The number of β-amino-alcohol motifs (C(OH)–C–C–N with tert-alkyl or cyclic N) is 1. The lowest BCUT2D eigenvalue weighted by molar-refractivity contribution is 0.0401. The number of ether oxygens (including phenoxy) is 1. The number of hydrogen-bond acceptors (Lipinski definition) is 4. The maximum absolute atomic E-state index is 10.5. The van der Waals surface area contributed by atoms with E-state index in [0.717, 1.165) is 31.9 Å². The first kappa shape index (κ1) is 22.5. The van der Waals surface area contributed by atoms with E-state index in [0.29, 0.717) is 13.2 Å². The molecule has 1 aliphatic rings. The van der Waals surface area contributed by atoms with Gasteiger partial charge in [0.25, 0.3) is 0 Å². The van der Waals surface area contributed by atoms with Crippen LogP contribution >= 0.6 is 0 Å². The van der Waals surface area contributed by atoms with Crippen LogP contribution in [0.25, 0.3) is 0 Å². The molecular formula is C28H34N2O2. The van der Waals surface area contributed by atoms with Crippen LogP contribution in [0.2, 0.25) is 0 Å². The van der Waals surface area contributed by atoms with Crippen LogP contribution in [0.4, 0.5) is 0 Å². The van der Waals surface area contributed by atoms with Gasteiger partial charge in [0.2, 0.25) is 0 Å². The minimum absolute atomic E-state index is 0.262. The summed E-state index contributed by atoms with van der Waals surface area (Å²) in [6, 6.07) is 27.8. The quantitative estimate of drug-likeness (QED) is 0.573. The average molecular weight is 431 g/mol. The van der Waals surface area contributed by atoms with Crippen molar-refractivity contribution in [1.82, 2.24) is 9.80 Å². The molecule has 1 aliphatic heterocycles. The highest BCUT2D eigenvalue weighted by atomic mass is 16.5. The van der Waals surface area contributed by atoms with Crippen LogP contribution < -0.4 is 4.74 Å². The largest absolute Gasteiger partial charge is 0.491 e. The first-order chi connectivity index (χ1) is 15.6. The molecule has 1 N–H and O–H groups in total. The van der Waals surface area contributed by atoms with E-state index in [1.54, 1.807) is 0 Å². The third-order valence-corrected chi connectivity index (χ3v) is 6.39. The van der Waals surface area contributed by atoms with Crippen LogP contribution in [-0.2, 0) is 0 Å². The Morgan fingerprint density at radius 1 is 0.781 bits per heavy atom. The molecule has 1 saturated heterocycles. The van der Waals surface area contributed by atoms with E-state index in [9.17, 15) is 5.11 Å². The predicted molar refractivity (Wildman–Crippen MR) is 130 cm³/mol. The van der Waals surface area contributed by atoms with E-state index in [1.807, 2.05) is 12.1 Å². The lowest BCUT2D eigenvalue weighted by Gasteiger charge is -2.40. The van der Waals surface area contributed by atoms with Crippen molar-refractivity contribution in [3.05, 3.63) is 101 Å². The van der Waals surface area contributed by atoms with Crippen molar-refractivity contribution >= 4 is 0 Å². The minimum atomic E-state index is -0.498. The molecule has 3 aromatic carbocycles. The molecule has 0 aromatic heterocycles. The second kappa shape index (κ2) is 10.8. The van der Waals surface area contributed by atoms with Gasteiger partial charge in [-0.25, -0.2) is 0 Å². The van der Waals surface area contributed by atoms with Crippen molar-refractivity contribution in [2.24, 2.45) is 0 Å². The molecule has 1 fully saturated rings. The van der Waals surface area contributed by atoms with E-state index in [2.05, 4.69) is 90.4 Å². The average Bonchev–Trinajstić information content (AvgIpc) is 2.83. The first-order valence-electron chi connectivity index (χ1n) is 11.5. The fraction of sp³-hybridized carbons (Fsp3) is 0.357. The lowest BCUT2D eigenvalue weighted by atomic mass is 9.96. The Morgan fingerprint density at radius 3 is 1.94 bits per heavy atom. The predicted octanol–water partition coefficient (Wildman–Crippen LogP) is 4.45. The van der Waals surface area contributed by atoms with Gasteiger partial charge in [-0.2, -0.15) is 0 Å². The zero-order valence-electron chi connectivity index (χ0n) is 19.2. The fourth-order valence-corrected chi connectivity index (χ4v) is 4.44. The molecule has 4 heteroatoms. The first-order valence-corrected chi connectivity index (χ1v) is 11.5. The highest BCUT2D eigenvalue weighted by Gasteiger charge is 2.27. The number of nitrogens with zero attached hydrogens (tertiary/aromatic N) is 2. The summed E-state index contributed by atoms with van der Waals surface area (Å²) in [6.07, 6.45) is -0.498. The van der Waals surface area contributed by atoms with Gasteiger partial charge in [0, 0.05) is 32.7 Å². The number of aliphatic hydroxyl groups excluding tert-OH is 1. The molecule has 4 nitrogen and oxygen atoms in total. The van der Waals surface area contributed by atoms with E-state index >= 15 is 0 Å². The SMILES string of the molecule is Cc1ccc(OCC(O)CN2CCN(C(c3ccccc3)c3ccccc3)CC2)cc1C. The smallest absolute Gasteiger partial charge is 0.119 e. The van der Waals surface area contributed by atoms with Gasteiger partial charge in [-0.3, -0.25) is 9.80 Å². The van der Waals surface area contributed by atoms with Gasteiger partial charge in [-0.05, 0) is 48.2 Å². The van der Waals surface area contributed by atoms with Crippen molar-refractivity contribution in [3.63, 3.8) is 0 Å². The molecule has 0 radical (unpaired) electrons. The van der Waals surface area contributed by atoms with Crippen molar-refractivity contribution in [1.29, 1.82) is 0 Å². The van der Waals surface area contributed by atoms with Crippen LogP contribution in [0.1, 0.15) is 28.3 Å². The molecule has 32 heavy (non-hydrogen) atoms. The van der Waals surface area contributed by atoms with Crippen molar-refractivity contribution in [2.75, 3.05) is 39.3 Å². The Labute approximate surface area is 192 Å². The third-order valence-electron chi connectivity index (χ3n) is 6.39. The molecule has 3 aromatic rings. The summed E-state index contributed by atoms with van der Waals surface area (Å²) in [7, 11) is 0. The number of hydrogen-bond donors (Lipinski definition) is 1. The normalized spacial score (nSPS) is 16.2. The summed E-state index contributed by atoms with van der Waals surface area (Å²) < 4.78 is 5.83. The number of piperazine rings is 1. The summed E-state index contributed by atoms with van der Waals surface area (Å²) in [5.74, 6) is 0.825. The van der Waals surface area contributed by atoms with Gasteiger partial charge < -0.3 is 9.84 Å². The van der Waals surface area contributed by atoms with Crippen molar-refractivity contribution in [2.45, 2.75) is 26.0 Å². The Kier molecular flexibility index (Phi) is 7.59. The monoisotopic (exact) mass is 430 g/mol. The Balaban J connectivity index is 1.32. The maximum Gasteiger partial charge on any atom is 0.119 e. The topological polar surface area (TPSA) is 35.9 Å². The number of benzene rings is 3. The summed E-state index contributed by atoms with van der Waals surface area (Å²) in [4.78, 5) is 4.90. The van der Waals surface area contributed by atoms with Gasteiger partial charge in [0.05, 0.1) is 6.04 Å². The van der Waals surface area contributed by atoms with Gasteiger partial charge in [0.15, 0.2) is 0 Å². The third kappa shape index (κ3) is 5.77. The Morgan fingerprint density at radius 2 is 1.38 bits per heavy atom. The number of aryl methyl sites for hydroxylation is 2. The van der Waals surface area contributed by atoms with Crippen molar-refractivity contribution in [3.8, 4) is 5.75 Å². The van der Waals surface area contributed by atoms with E-state index in [1.165, 1.54) is 22.3 Å². The van der Waals surface area contributed by atoms with Gasteiger partial charge >= 0.3 is 0 Å². The summed E-state index contributed by atoms with van der Waals surface area (Å²) in [5, 5.41) is 10.5. The lowest BCUT2D eigenvalue weighted by Crippen LogP contribution is -2.50. The summed E-state index contributed by atoms with van der Waals surface area (Å²) >= 11 is 0. The zero-order valence-corrected chi connectivity index (χ0v) is 19.2. The van der Waals surface area contributed by atoms with E-state index in [-0.39, 0.29) is 6.04 Å². The molecule has 0 bridgehead atoms. The van der Waals surface area contributed by atoms with Crippen LogP contribution in [0.5, 0.6) is 5.75 Å². The molecule has 1 unspecified atom stereocenters. The molecule has 168 valence electrons. The Hall–Kier alpha value is -2.66. The van der Waals surface area contributed by atoms with Crippen LogP contribution in [-0.4, -0.2) is 60.3 Å². The minimum Gasteiger partial charge on any atom is -0.491 e. The van der Waals surface area contributed by atoms with Gasteiger partial charge in [0.1, 0.15) is 18.5 Å². The van der Waals surface area contributed by atoms with Gasteiger partial charge in [-0.15, -0.1) is 0 Å². The number of rotatable bonds is 8. The van der Waals surface area contributed by atoms with Crippen LogP contribution in [0, 0.1) is 13.8 Å². The molecule has 1 atom stereocenters. The molecule has 1 heterocycles. The van der Waals surface area contributed by atoms with Crippen LogP contribution in [0.15, 0.2) is 78.9 Å². The highest BCUT2D eigenvalue weighted by Crippen LogP contribution is 2.29. The standard InChI is InChI=1S/C28H34N2O2/c1-22-13-14-27(19-23(22)2)32-21-26(31)20-29-15-17-30(18-16-29)28(24-9-5-3-6-10-24)25-11-7-4-8-12-25/h3-14,19,26,28,31H,15-18,20-21H2,1-2H3. The zero-order chi connectivity index (χ0) is 22.3. The molecule has 0 amide bonds. The number of aliphatic hydroxyl groups is 1. The second-order valence-electron chi connectivity index (χ2n) is 8.77. The Bertz CT molecular complexity index is 930. The van der Waals surface area contributed by atoms with E-state index in [4.69, 9.17) is 4.74 Å². The summed E-state index contributed by atoms with van der Waals surface area (Å²) in [5.41, 5.74) is 5.11. The van der Waals surface area contributed by atoms with E-state index < -0.39 is 6.10 Å². The summed E-state index contributed by atoms with van der Waals surface area (Å²) in [6.45, 7) is 8.95.